The van der Waals surface area contributed by atoms with Gasteiger partial charge in [0.25, 0.3) is 0 Å². The summed E-state index contributed by atoms with van der Waals surface area (Å²) in [6, 6.07) is 0. The number of nitrogens with zero attached hydrogens (tertiary/aromatic N) is 2. The minimum atomic E-state index is -1.38. The van der Waals surface area contributed by atoms with E-state index < -0.39 is 23.7 Å². The zero-order chi connectivity index (χ0) is 13.5. The molecule has 6 nitrogen and oxygen atoms in total. The topological polar surface area (TPSA) is 78.4 Å². The van der Waals surface area contributed by atoms with Crippen LogP contribution in [-0.4, -0.2) is 35.1 Å². The minimum absolute atomic E-state index is 0.107. The highest BCUT2D eigenvalue weighted by Crippen LogP contribution is 2.15. The van der Waals surface area contributed by atoms with Crippen LogP contribution in [0.5, 0.6) is 0 Å². The van der Waals surface area contributed by atoms with Gasteiger partial charge in [-0.15, -0.1) is 0 Å². The average molecular weight is 256 g/mol. The number of ether oxygens (including phenoxy) is 2. The van der Waals surface area contributed by atoms with Crippen molar-refractivity contribution in [1.82, 2.24) is 9.97 Å². The van der Waals surface area contributed by atoms with Gasteiger partial charge in [0.2, 0.25) is 5.92 Å². The second-order valence-electron chi connectivity index (χ2n) is 3.20. The molecule has 0 radical (unpaired) electrons. The lowest BCUT2D eigenvalue weighted by atomic mass is 10.1. The van der Waals surface area contributed by atoms with Gasteiger partial charge in [-0.05, 0) is 13.8 Å². The third-order valence-corrected chi connectivity index (χ3v) is 1.94. The van der Waals surface area contributed by atoms with Crippen molar-refractivity contribution in [1.29, 1.82) is 0 Å². The number of esters is 2. The van der Waals surface area contributed by atoms with Crippen molar-refractivity contribution in [3.63, 3.8) is 0 Å². The smallest absolute Gasteiger partial charge is 0.328 e. The van der Waals surface area contributed by atoms with E-state index in [-0.39, 0.29) is 19.0 Å². The van der Waals surface area contributed by atoms with Crippen molar-refractivity contribution in [3.8, 4) is 0 Å². The van der Waals surface area contributed by atoms with Gasteiger partial charge in [-0.1, -0.05) is 0 Å². The Hall–Kier alpha value is -2.05. The first-order valence-electron chi connectivity index (χ1n) is 5.40. The maximum atomic E-state index is 12.7. The van der Waals surface area contributed by atoms with Gasteiger partial charge >= 0.3 is 11.9 Å². The number of hydrogen-bond donors (Lipinski definition) is 0. The van der Waals surface area contributed by atoms with Crippen molar-refractivity contribution < 1.29 is 23.5 Å². The van der Waals surface area contributed by atoms with Gasteiger partial charge in [0.15, 0.2) is 11.6 Å². The molecule has 0 amide bonds. The molecule has 0 fully saturated rings. The molecule has 0 unspecified atom stereocenters. The van der Waals surface area contributed by atoms with E-state index in [0.717, 1.165) is 12.4 Å². The van der Waals surface area contributed by atoms with E-state index in [1.54, 1.807) is 13.8 Å². The van der Waals surface area contributed by atoms with Crippen molar-refractivity contribution in [3.05, 3.63) is 24.0 Å². The van der Waals surface area contributed by atoms with Gasteiger partial charge in [-0.2, -0.15) is 0 Å². The van der Waals surface area contributed by atoms with Gasteiger partial charge in [0.05, 0.1) is 25.6 Å². The number of rotatable bonds is 5. The lowest BCUT2D eigenvalue weighted by Crippen LogP contribution is -2.27. The quantitative estimate of drug-likeness (QED) is 0.573. The number of carbonyl (C=O) groups is 2. The van der Waals surface area contributed by atoms with E-state index in [1.807, 2.05) is 0 Å². The number of halogens is 1. The summed E-state index contributed by atoms with van der Waals surface area (Å²) < 4.78 is 22.2. The van der Waals surface area contributed by atoms with Crippen molar-refractivity contribution in [2.24, 2.45) is 0 Å². The highest BCUT2D eigenvalue weighted by molar-refractivity contribution is 5.99. The molecule has 0 aliphatic carbocycles. The average Bonchev–Trinajstić information content (AvgIpc) is 2.33. The van der Waals surface area contributed by atoms with E-state index in [1.165, 1.54) is 0 Å². The van der Waals surface area contributed by atoms with Crippen LogP contribution < -0.4 is 0 Å². The molecule has 0 aliphatic heterocycles. The Morgan fingerprint density at radius 2 is 1.61 bits per heavy atom. The van der Waals surface area contributed by atoms with Crippen LogP contribution in [0.2, 0.25) is 0 Å². The van der Waals surface area contributed by atoms with E-state index in [4.69, 9.17) is 9.47 Å². The summed E-state index contributed by atoms with van der Waals surface area (Å²) in [6.07, 6.45) is 1.74. The molecule has 1 rings (SSSR count). The SMILES string of the molecule is CCOC(=O)C(C(=O)OCC)c1ncc(F)cn1. The zero-order valence-electron chi connectivity index (χ0n) is 10.1. The molecule has 1 aromatic heterocycles. The Bertz CT molecular complexity index is 404. The minimum Gasteiger partial charge on any atom is -0.465 e. The zero-order valence-corrected chi connectivity index (χ0v) is 10.1. The van der Waals surface area contributed by atoms with Gasteiger partial charge in [-0.25, -0.2) is 14.4 Å². The first kappa shape index (κ1) is 14.0. The molecule has 18 heavy (non-hydrogen) atoms. The monoisotopic (exact) mass is 256 g/mol. The molecule has 0 bridgehead atoms. The summed E-state index contributed by atoms with van der Waals surface area (Å²) in [6.45, 7) is 3.42. The molecule has 0 N–H and O–H groups in total. The number of aromatic nitrogens is 2. The van der Waals surface area contributed by atoms with E-state index in [2.05, 4.69) is 9.97 Å². The van der Waals surface area contributed by atoms with E-state index in [9.17, 15) is 14.0 Å². The largest absolute Gasteiger partial charge is 0.465 e. The molecular formula is C11H13FN2O4. The van der Waals surface area contributed by atoms with E-state index >= 15 is 0 Å². The third-order valence-electron chi connectivity index (χ3n) is 1.94. The van der Waals surface area contributed by atoms with Gasteiger partial charge in [0, 0.05) is 0 Å². The Kier molecular flexibility index (Phi) is 5.16. The van der Waals surface area contributed by atoms with Crippen LogP contribution in [0.3, 0.4) is 0 Å². The summed E-state index contributed by atoms with van der Waals surface area (Å²) in [4.78, 5) is 30.5. The molecule has 0 spiro atoms. The fraction of sp³-hybridized carbons (Fsp3) is 0.455. The summed E-state index contributed by atoms with van der Waals surface area (Å²) in [5.74, 6) is -3.82. The fourth-order valence-corrected chi connectivity index (χ4v) is 1.23. The number of hydrogen-bond acceptors (Lipinski definition) is 6. The van der Waals surface area contributed by atoms with Crippen LogP contribution >= 0.6 is 0 Å². The normalized spacial score (nSPS) is 10.2. The second kappa shape index (κ2) is 6.63. The summed E-state index contributed by atoms with van der Waals surface area (Å²) in [5.41, 5.74) is 0. The molecule has 0 saturated heterocycles. The van der Waals surface area contributed by atoms with E-state index in [0.29, 0.717) is 0 Å². The van der Waals surface area contributed by atoms with Crippen molar-refractivity contribution in [2.75, 3.05) is 13.2 Å². The highest BCUT2D eigenvalue weighted by atomic mass is 19.1. The maximum Gasteiger partial charge on any atom is 0.328 e. The van der Waals surface area contributed by atoms with Crippen LogP contribution in [0, 0.1) is 5.82 Å². The Balaban J connectivity index is 2.99. The molecule has 0 saturated carbocycles. The number of carbonyl (C=O) groups excluding carboxylic acids is 2. The van der Waals surface area contributed by atoms with Crippen molar-refractivity contribution >= 4 is 11.9 Å². The third kappa shape index (κ3) is 3.47. The molecule has 0 atom stereocenters. The molecule has 98 valence electrons. The van der Waals surface area contributed by atoms with Gasteiger partial charge in [0.1, 0.15) is 0 Å². The lowest BCUT2D eigenvalue weighted by Gasteiger charge is -2.12. The molecule has 0 aliphatic rings. The summed E-state index contributed by atoms with van der Waals surface area (Å²) in [5, 5.41) is 0. The summed E-state index contributed by atoms with van der Waals surface area (Å²) >= 11 is 0. The first-order chi connectivity index (χ1) is 8.60. The first-order valence-corrected chi connectivity index (χ1v) is 5.40. The molecule has 0 aromatic carbocycles. The predicted octanol–water partition coefficient (Wildman–Crippen LogP) is 0.825. The van der Waals surface area contributed by atoms with Crippen LogP contribution in [0.1, 0.15) is 25.6 Å². The Morgan fingerprint density at radius 1 is 1.17 bits per heavy atom. The fourth-order valence-electron chi connectivity index (χ4n) is 1.23. The van der Waals surface area contributed by atoms with Crippen LogP contribution in [-0.2, 0) is 19.1 Å². The molecule has 1 aromatic rings. The molecular weight excluding hydrogens is 243 g/mol. The molecule has 1 heterocycles. The lowest BCUT2D eigenvalue weighted by molar-refractivity contribution is -0.157. The second-order valence-corrected chi connectivity index (χ2v) is 3.20. The van der Waals surface area contributed by atoms with Crippen LogP contribution in [0.25, 0.3) is 0 Å². The van der Waals surface area contributed by atoms with Gasteiger partial charge in [-0.3, -0.25) is 9.59 Å². The molecule has 7 heteroatoms. The van der Waals surface area contributed by atoms with Crippen LogP contribution in [0.4, 0.5) is 4.39 Å². The highest BCUT2D eigenvalue weighted by Gasteiger charge is 2.34. The Morgan fingerprint density at radius 3 is 2.00 bits per heavy atom. The standard InChI is InChI=1S/C11H13FN2O4/c1-3-17-10(15)8(11(16)18-4-2)9-13-5-7(12)6-14-9/h5-6,8H,3-4H2,1-2H3. The Labute approximate surface area is 103 Å². The van der Waals surface area contributed by atoms with Crippen molar-refractivity contribution in [2.45, 2.75) is 19.8 Å². The predicted molar refractivity (Wildman–Crippen MR) is 58.0 cm³/mol. The van der Waals surface area contributed by atoms with Crippen LogP contribution in [0.15, 0.2) is 12.4 Å². The maximum absolute atomic E-state index is 12.7. The van der Waals surface area contributed by atoms with Gasteiger partial charge < -0.3 is 9.47 Å². The summed E-state index contributed by atoms with van der Waals surface area (Å²) in [7, 11) is 0.